The van der Waals surface area contributed by atoms with Crippen LogP contribution in [0.4, 0.5) is 5.69 Å². The zero-order valence-corrected chi connectivity index (χ0v) is 10.1. The molecular formula is C13H19NO2. The Balaban J connectivity index is 2.72. The van der Waals surface area contributed by atoms with E-state index in [-0.39, 0.29) is 5.54 Å². The van der Waals surface area contributed by atoms with Crippen molar-refractivity contribution in [2.45, 2.75) is 39.2 Å². The first kappa shape index (κ1) is 12.6. The normalized spacial score (nSPS) is 11.2. The number of rotatable bonds is 5. The summed E-state index contributed by atoms with van der Waals surface area (Å²) in [6, 6.07) is 6.85. The van der Waals surface area contributed by atoms with Crippen molar-refractivity contribution in [3.63, 3.8) is 0 Å². The van der Waals surface area contributed by atoms with Gasteiger partial charge in [0.25, 0.3) is 0 Å². The lowest BCUT2D eigenvalue weighted by molar-refractivity contribution is 0.0697. The number of aromatic carboxylic acids is 1. The first-order valence-electron chi connectivity index (χ1n) is 5.56. The maximum atomic E-state index is 10.7. The van der Waals surface area contributed by atoms with E-state index < -0.39 is 5.97 Å². The summed E-state index contributed by atoms with van der Waals surface area (Å²) in [5, 5.41) is 12.2. The van der Waals surface area contributed by atoms with Gasteiger partial charge < -0.3 is 10.4 Å². The zero-order valence-electron chi connectivity index (χ0n) is 10.1. The second-order valence-electron chi connectivity index (χ2n) is 4.64. The number of carboxylic acids is 1. The van der Waals surface area contributed by atoms with Crippen LogP contribution in [0.1, 0.15) is 44.0 Å². The number of anilines is 1. The third kappa shape index (κ3) is 3.57. The Kier molecular flexibility index (Phi) is 3.93. The molecule has 0 aliphatic heterocycles. The number of benzene rings is 1. The van der Waals surface area contributed by atoms with Crippen molar-refractivity contribution >= 4 is 11.7 Å². The van der Waals surface area contributed by atoms with E-state index in [1.165, 1.54) is 0 Å². The van der Waals surface area contributed by atoms with Gasteiger partial charge in [-0.15, -0.1) is 0 Å². The molecule has 0 fully saturated rings. The first-order valence-corrected chi connectivity index (χ1v) is 5.56. The highest BCUT2D eigenvalue weighted by Gasteiger charge is 2.15. The average Bonchev–Trinajstić information content (AvgIpc) is 2.17. The van der Waals surface area contributed by atoms with Gasteiger partial charge in [-0.1, -0.05) is 13.3 Å². The Morgan fingerprint density at radius 3 is 2.31 bits per heavy atom. The Morgan fingerprint density at radius 1 is 1.31 bits per heavy atom. The van der Waals surface area contributed by atoms with Crippen LogP contribution < -0.4 is 5.32 Å². The van der Waals surface area contributed by atoms with E-state index >= 15 is 0 Å². The van der Waals surface area contributed by atoms with Crippen LogP contribution in [0.25, 0.3) is 0 Å². The summed E-state index contributed by atoms with van der Waals surface area (Å²) < 4.78 is 0. The standard InChI is InChI=1S/C13H19NO2/c1-4-9-13(2,3)14-11-7-5-10(6-8-11)12(15)16/h5-8,14H,4,9H2,1-3H3,(H,15,16). The van der Waals surface area contributed by atoms with Crippen LogP contribution in [0.5, 0.6) is 0 Å². The molecule has 0 unspecified atom stereocenters. The van der Waals surface area contributed by atoms with Crippen LogP contribution in [0.15, 0.2) is 24.3 Å². The molecule has 0 radical (unpaired) electrons. The van der Waals surface area contributed by atoms with Crippen molar-refractivity contribution in [3.05, 3.63) is 29.8 Å². The van der Waals surface area contributed by atoms with Crippen LogP contribution in [-0.4, -0.2) is 16.6 Å². The Morgan fingerprint density at radius 2 is 1.88 bits per heavy atom. The quantitative estimate of drug-likeness (QED) is 0.801. The van der Waals surface area contributed by atoms with Gasteiger partial charge in [0, 0.05) is 11.2 Å². The lowest BCUT2D eigenvalue weighted by Gasteiger charge is -2.27. The summed E-state index contributed by atoms with van der Waals surface area (Å²) in [5.74, 6) is -0.889. The van der Waals surface area contributed by atoms with E-state index in [0.29, 0.717) is 5.56 Å². The van der Waals surface area contributed by atoms with Crippen molar-refractivity contribution in [3.8, 4) is 0 Å². The van der Waals surface area contributed by atoms with Crippen LogP contribution in [0.3, 0.4) is 0 Å². The maximum Gasteiger partial charge on any atom is 0.335 e. The fourth-order valence-corrected chi connectivity index (χ4v) is 1.77. The van der Waals surface area contributed by atoms with Gasteiger partial charge in [0.05, 0.1) is 5.56 Å². The molecule has 0 saturated carbocycles. The molecule has 0 spiro atoms. The van der Waals surface area contributed by atoms with Crippen molar-refractivity contribution in [1.29, 1.82) is 0 Å². The molecule has 3 heteroatoms. The fourth-order valence-electron chi connectivity index (χ4n) is 1.77. The van der Waals surface area contributed by atoms with Gasteiger partial charge in [-0.3, -0.25) is 0 Å². The van der Waals surface area contributed by atoms with E-state index in [4.69, 9.17) is 5.11 Å². The van der Waals surface area contributed by atoms with Gasteiger partial charge in [0.1, 0.15) is 0 Å². The monoisotopic (exact) mass is 221 g/mol. The van der Waals surface area contributed by atoms with E-state index in [1.807, 2.05) is 0 Å². The first-order chi connectivity index (χ1) is 7.44. The van der Waals surface area contributed by atoms with Crippen LogP contribution in [-0.2, 0) is 0 Å². The molecule has 0 heterocycles. The van der Waals surface area contributed by atoms with E-state index in [1.54, 1.807) is 24.3 Å². The summed E-state index contributed by atoms with van der Waals surface area (Å²) in [6.07, 6.45) is 2.20. The molecule has 0 aliphatic rings. The molecule has 16 heavy (non-hydrogen) atoms. The van der Waals surface area contributed by atoms with Crippen LogP contribution in [0.2, 0.25) is 0 Å². The predicted octanol–water partition coefficient (Wildman–Crippen LogP) is 3.38. The zero-order chi connectivity index (χ0) is 12.2. The number of carboxylic acid groups (broad SMARTS) is 1. The lowest BCUT2D eigenvalue weighted by Crippen LogP contribution is -2.30. The van der Waals surface area contributed by atoms with Gasteiger partial charge in [0.2, 0.25) is 0 Å². The van der Waals surface area contributed by atoms with Gasteiger partial charge in [-0.05, 0) is 44.5 Å². The molecule has 1 aromatic rings. The molecule has 0 aromatic heterocycles. The van der Waals surface area contributed by atoms with Crippen LogP contribution >= 0.6 is 0 Å². The summed E-state index contributed by atoms with van der Waals surface area (Å²) in [5.41, 5.74) is 1.32. The average molecular weight is 221 g/mol. The highest BCUT2D eigenvalue weighted by Crippen LogP contribution is 2.19. The molecule has 1 aromatic carbocycles. The summed E-state index contributed by atoms with van der Waals surface area (Å²) in [7, 11) is 0. The molecule has 0 aliphatic carbocycles. The van der Waals surface area contributed by atoms with E-state index in [9.17, 15) is 4.79 Å². The van der Waals surface area contributed by atoms with Crippen molar-refractivity contribution in [2.24, 2.45) is 0 Å². The second kappa shape index (κ2) is 5.01. The van der Waals surface area contributed by atoms with Crippen LogP contribution in [0, 0.1) is 0 Å². The number of nitrogens with one attached hydrogen (secondary N) is 1. The molecule has 0 saturated heterocycles. The molecule has 0 amide bonds. The molecule has 0 atom stereocenters. The third-order valence-electron chi connectivity index (χ3n) is 2.49. The number of hydrogen-bond acceptors (Lipinski definition) is 2. The molecule has 0 bridgehead atoms. The Labute approximate surface area is 96.5 Å². The van der Waals surface area contributed by atoms with Crippen molar-refractivity contribution in [1.82, 2.24) is 0 Å². The van der Waals surface area contributed by atoms with Crippen molar-refractivity contribution in [2.75, 3.05) is 5.32 Å². The smallest absolute Gasteiger partial charge is 0.335 e. The summed E-state index contributed by atoms with van der Waals surface area (Å²) >= 11 is 0. The Hall–Kier alpha value is -1.51. The summed E-state index contributed by atoms with van der Waals surface area (Å²) in [4.78, 5) is 10.7. The topological polar surface area (TPSA) is 49.3 Å². The molecule has 88 valence electrons. The number of carbonyl (C=O) groups is 1. The number of hydrogen-bond donors (Lipinski definition) is 2. The van der Waals surface area contributed by atoms with E-state index in [2.05, 4.69) is 26.1 Å². The Bertz CT molecular complexity index is 355. The van der Waals surface area contributed by atoms with Crippen molar-refractivity contribution < 1.29 is 9.90 Å². The summed E-state index contributed by atoms with van der Waals surface area (Å²) in [6.45, 7) is 6.43. The van der Waals surface area contributed by atoms with E-state index in [0.717, 1.165) is 18.5 Å². The third-order valence-corrected chi connectivity index (χ3v) is 2.49. The predicted molar refractivity (Wildman–Crippen MR) is 66.0 cm³/mol. The minimum atomic E-state index is -0.889. The lowest BCUT2D eigenvalue weighted by atomic mass is 9.98. The second-order valence-corrected chi connectivity index (χ2v) is 4.64. The largest absolute Gasteiger partial charge is 0.478 e. The van der Waals surface area contributed by atoms with Gasteiger partial charge >= 0.3 is 5.97 Å². The minimum absolute atomic E-state index is 0.0412. The maximum absolute atomic E-state index is 10.7. The SMILES string of the molecule is CCCC(C)(C)Nc1ccc(C(=O)O)cc1. The minimum Gasteiger partial charge on any atom is -0.478 e. The van der Waals surface area contributed by atoms with Gasteiger partial charge in [-0.2, -0.15) is 0 Å². The highest BCUT2D eigenvalue weighted by molar-refractivity contribution is 5.88. The molecule has 3 nitrogen and oxygen atoms in total. The van der Waals surface area contributed by atoms with Gasteiger partial charge in [0.15, 0.2) is 0 Å². The highest BCUT2D eigenvalue weighted by atomic mass is 16.4. The fraction of sp³-hybridized carbons (Fsp3) is 0.462. The molecular weight excluding hydrogens is 202 g/mol. The molecule has 2 N–H and O–H groups in total. The van der Waals surface area contributed by atoms with Gasteiger partial charge in [-0.25, -0.2) is 4.79 Å². The molecule has 1 rings (SSSR count).